The maximum atomic E-state index is 10.9. The molecule has 1 aromatic heterocycles. The third-order valence-electron chi connectivity index (χ3n) is 2.90. The standard InChI is InChI=1S/C14H18N2O3S/c1-3-20-7-6-9(2)15-14-16-11-5-4-10(13(17)18)8-12(11)19-14/h4-5,8-9H,3,6-7H2,1-2H3,(H,15,16)(H,17,18). The van der Waals surface area contributed by atoms with E-state index in [1.165, 1.54) is 12.1 Å². The molecule has 1 aromatic carbocycles. The van der Waals surface area contributed by atoms with Crippen molar-refractivity contribution >= 4 is 34.8 Å². The summed E-state index contributed by atoms with van der Waals surface area (Å²) in [6.07, 6.45) is 1.03. The minimum Gasteiger partial charge on any atom is -0.478 e. The molecular weight excluding hydrogens is 276 g/mol. The Morgan fingerprint density at radius 3 is 3.05 bits per heavy atom. The molecule has 0 fully saturated rings. The molecule has 2 N–H and O–H groups in total. The molecule has 0 spiro atoms. The summed E-state index contributed by atoms with van der Waals surface area (Å²) in [5.74, 6) is 1.24. The van der Waals surface area contributed by atoms with Gasteiger partial charge in [-0.25, -0.2) is 4.79 Å². The minimum atomic E-state index is -0.970. The predicted octanol–water partition coefficient (Wildman–Crippen LogP) is 3.47. The molecule has 0 bridgehead atoms. The van der Waals surface area contributed by atoms with Crippen molar-refractivity contribution in [3.63, 3.8) is 0 Å². The van der Waals surface area contributed by atoms with Gasteiger partial charge in [-0.2, -0.15) is 16.7 Å². The summed E-state index contributed by atoms with van der Waals surface area (Å²) in [6.45, 7) is 4.22. The maximum absolute atomic E-state index is 10.9. The Morgan fingerprint density at radius 1 is 1.55 bits per heavy atom. The van der Waals surface area contributed by atoms with Crippen LogP contribution in [0, 0.1) is 0 Å². The largest absolute Gasteiger partial charge is 0.478 e. The van der Waals surface area contributed by atoms with Gasteiger partial charge in [0, 0.05) is 6.04 Å². The lowest BCUT2D eigenvalue weighted by atomic mass is 10.2. The van der Waals surface area contributed by atoms with Gasteiger partial charge in [0.15, 0.2) is 5.58 Å². The molecule has 0 radical (unpaired) electrons. The fraction of sp³-hybridized carbons (Fsp3) is 0.429. The average Bonchev–Trinajstić information content (AvgIpc) is 2.79. The second-order valence-electron chi connectivity index (χ2n) is 4.54. The van der Waals surface area contributed by atoms with E-state index >= 15 is 0 Å². The highest BCUT2D eigenvalue weighted by Gasteiger charge is 2.11. The topological polar surface area (TPSA) is 75.4 Å². The van der Waals surface area contributed by atoms with E-state index in [2.05, 4.69) is 24.1 Å². The summed E-state index contributed by atoms with van der Waals surface area (Å²) in [5, 5.41) is 12.1. The first-order valence-electron chi connectivity index (χ1n) is 6.58. The quantitative estimate of drug-likeness (QED) is 0.762. The van der Waals surface area contributed by atoms with Gasteiger partial charge in [-0.15, -0.1) is 0 Å². The number of anilines is 1. The van der Waals surface area contributed by atoms with Crippen molar-refractivity contribution < 1.29 is 14.3 Å². The Labute approximate surface area is 121 Å². The summed E-state index contributed by atoms with van der Waals surface area (Å²) >= 11 is 1.90. The van der Waals surface area contributed by atoms with E-state index < -0.39 is 5.97 Å². The van der Waals surface area contributed by atoms with Crippen LogP contribution < -0.4 is 5.32 Å². The number of fused-ring (bicyclic) bond motifs is 1. The van der Waals surface area contributed by atoms with Crippen LogP contribution >= 0.6 is 11.8 Å². The number of aromatic carboxylic acids is 1. The Bertz CT molecular complexity index is 597. The van der Waals surface area contributed by atoms with E-state index in [9.17, 15) is 4.79 Å². The van der Waals surface area contributed by atoms with Gasteiger partial charge in [-0.1, -0.05) is 6.92 Å². The zero-order valence-electron chi connectivity index (χ0n) is 11.5. The first-order chi connectivity index (χ1) is 9.60. The first kappa shape index (κ1) is 14.7. The van der Waals surface area contributed by atoms with Crippen LogP contribution in [0.5, 0.6) is 0 Å². The van der Waals surface area contributed by atoms with Crippen molar-refractivity contribution in [2.75, 3.05) is 16.8 Å². The summed E-state index contributed by atoms with van der Waals surface area (Å²) in [6, 6.07) is 5.38. The second-order valence-corrected chi connectivity index (χ2v) is 5.93. The van der Waals surface area contributed by atoms with Gasteiger partial charge in [-0.05, 0) is 43.0 Å². The number of rotatable bonds is 7. The summed E-state index contributed by atoms with van der Waals surface area (Å²) in [4.78, 5) is 15.2. The number of hydrogen-bond donors (Lipinski definition) is 2. The molecule has 0 saturated heterocycles. The molecule has 2 rings (SSSR count). The lowest BCUT2D eigenvalue weighted by Crippen LogP contribution is -2.16. The third-order valence-corrected chi connectivity index (χ3v) is 3.84. The smallest absolute Gasteiger partial charge is 0.335 e. The third kappa shape index (κ3) is 3.66. The van der Waals surface area contributed by atoms with Crippen LogP contribution in [0.4, 0.5) is 6.01 Å². The lowest BCUT2D eigenvalue weighted by Gasteiger charge is -2.10. The molecule has 1 unspecified atom stereocenters. The van der Waals surface area contributed by atoms with Gasteiger partial charge in [0.25, 0.3) is 6.01 Å². The average molecular weight is 294 g/mol. The van der Waals surface area contributed by atoms with Gasteiger partial charge in [0.1, 0.15) is 5.52 Å². The highest BCUT2D eigenvalue weighted by molar-refractivity contribution is 7.99. The van der Waals surface area contributed by atoms with E-state index in [0.717, 1.165) is 17.9 Å². The number of oxazole rings is 1. The van der Waals surface area contributed by atoms with E-state index in [4.69, 9.17) is 9.52 Å². The van der Waals surface area contributed by atoms with Crippen molar-refractivity contribution in [2.24, 2.45) is 0 Å². The van der Waals surface area contributed by atoms with E-state index in [0.29, 0.717) is 17.1 Å². The molecule has 6 heteroatoms. The van der Waals surface area contributed by atoms with Crippen LogP contribution in [0.25, 0.3) is 11.1 Å². The van der Waals surface area contributed by atoms with Crippen molar-refractivity contribution in [3.05, 3.63) is 23.8 Å². The van der Waals surface area contributed by atoms with E-state index in [1.54, 1.807) is 6.07 Å². The summed E-state index contributed by atoms with van der Waals surface area (Å²) in [5.41, 5.74) is 1.35. The molecule has 0 amide bonds. The Kier molecular flexibility index (Phi) is 4.89. The van der Waals surface area contributed by atoms with Gasteiger partial charge in [-0.3, -0.25) is 0 Å². The number of aromatic nitrogens is 1. The van der Waals surface area contributed by atoms with E-state index in [-0.39, 0.29) is 11.6 Å². The van der Waals surface area contributed by atoms with Gasteiger partial charge in [0.05, 0.1) is 5.56 Å². The number of nitrogens with zero attached hydrogens (tertiary/aromatic N) is 1. The summed E-state index contributed by atoms with van der Waals surface area (Å²) in [7, 11) is 0. The van der Waals surface area contributed by atoms with Crippen LogP contribution in [0.1, 0.15) is 30.6 Å². The zero-order chi connectivity index (χ0) is 14.5. The zero-order valence-corrected chi connectivity index (χ0v) is 12.4. The number of benzene rings is 1. The number of nitrogens with one attached hydrogen (secondary N) is 1. The van der Waals surface area contributed by atoms with Gasteiger partial charge >= 0.3 is 5.97 Å². The van der Waals surface area contributed by atoms with Crippen molar-refractivity contribution in [3.8, 4) is 0 Å². The molecular formula is C14H18N2O3S. The normalized spacial score (nSPS) is 12.5. The molecule has 0 aliphatic rings. The Morgan fingerprint density at radius 2 is 2.35 bits per heavy atom. The second kappa shape index (κ2) is 6.65. The molecule has 1 heterocycles. The maximum Gasteiger partial charge on any atom is 0.335 e. The lowest BCUT2D eigenvalue weighted by molar-refractivity contribution is 0.0697. The molecule has 20 heavy (non-hydrogen) atoms. The number of carboxylic acids is 1. The Balaban J connectivity index is 2.05. The van der Waals surface area contributed by atoms with Crippen LogP contribution in [0.3, 0.4) is 0 Å². The predicted molar refractivity (Wildman–Crippen MR) is 81.7 cm³/mol. The monoisotopic (exact) mass is 294 g/mol. The molecule has 2 aromatic rings. The van der Waals surface area contributed by atoms with Crippen LogP contribution in [0.15, 0.2) is 22.6 Å². The number of carbonyl (C=O) groups is 1. The number of hydrogen-bond acceptors (Lipinski definition) is 5. The number of thioether (sulfide) groups is 1. The molecule has 108 valence electrons. The SMILES string of the molecule is CCSCCC(C)Nc1nc2ccc(C(=O)O)cc2o1. The summed E-state index contributed by atoms with van der Waals surface area (Å²) < 4.78 is 5.54. The minimum absolute atomic E-state index is 0.201. The van der Waals surface area contributed by atoms with Gasteiger partial charge in [0.2, 0.25) is 0 Å². The highest BCUT2D eigenvalue weighted by Crippen LogP contribution is 2.21. The van der Waals surface area contributed by atoms with Crippen molar-refractivity contribution in [1.82, 2.24) is 4.98 Å². The highest BCUT2D eigenvalue weighted by atomic mass is 32.2. The van der Waals surface area contributed by atoms with Crippen LogP contribution in [-0.4, -0.2) is 33.6 Å². The van der Waals surface area contributed by atoms with E-state index in [1.807, 2.05) is 11.8 Å². The molecule has 0 saturated carbocycles. The molecule has 1 atom stereocenters. The molecule has 5 nitrogen and oxygen atoms in total. The molecule has 0 aliphatic heterocycles. The van der Waals surface area contributed by atoms with Crippen molar-refractivity contribution in [1.29, 1.82) is 0 Å². The van der Waals surface area contributed by atoms with Crippen LogP contribution in [-0.2, 0) is 0 Å². The van der Waals surface area contributed by atoms with Crippen molar-refractivity contribution in [2.45, 2.75) is 26.3 Å². The number of carboxylic acid groups (broad SMARTS) is 1. The Hall–Kier alpha value is -1.69. The first-order valence-corrected chi connectivity index (χ1v) is 7.73. The van der Waals surface area contributed by atoms with Crippen LogP contribution in [0.2, 0.25) is 0 Å². The van der Waals surface area contributed by atoms with Gasteiger partial charge < -0.3 is 14.8 Å². The fourth-order valence-corrected chi connectivity index (χ4v) is 2.62. The fourth-order valence-electron chi connectivity index (χ4n) is 1.81. The molecule has 0 aliphatic carbocycles.